The van der Waals surface area contributed by atoms with Gasteiger partial charge in [0.15, 0.2) is 0 Å². The number of ether oxygens (including phenoxy) is 3. The topological polar surface area (TPSA) is 32.1 Å². The summed E-state index contributed by atoms with van der Waals surface area (Å²) in [6.07, 6.45) is 1.24. The van der Waals surface area contributed by atoms with Crippen molar-refractivity contribution in [2.75, 3.05) is 39.5 Å². The first-order chi connectivity index (χ1) is 9.78. The Hall–Kier alpha value is -1.26. The zero-order chi connectivity index (χ0) is 14.2. The molecular weight excluding hydrogens is 254 g/mol. The molecule has 0 unspecified atom stereocenters. The van der Waals surface area contributed by atoms with Crippen molar-refractivity contribution in [1.82, 2.24) is 0 Å². The quantitative estimate of drug-likeness (QED) is 0.813. The third-order valence-corrected chi connectivity index (χ3v) is 3.64. The second-order valence-electron chi connectivity index (χ2n) is 5.27. The van der Waals surface area contributed by atoms with Gasteiger partial charge in [0.2, 0.25) is 0 Å². The Morgan fingerprint density at radius 2 is 2.00 bits per heavy atom. The predicted octanol–water partition coefficient (Wildman–Crippen LogP) is 1.16. The second kappa shape index (κ2) is 8.12. The van der Waals surface area contributed by atoms with Crippen molar-refractivity contribution < 1.29 is 19.1 Å². The van der Waals surface area contributed by atoms with E-state index in [1.165, 1.54) is 0 Å². The zero-order valence-electron chi connectivity index (χ0n) is 12.6. The molecule has 1 saturated heterocycles. The van der Waals surface area contributed by atoms with E-state index in [9.17, 15) is 0 Å². The van der Waals surface area contributed by atoms with Crippen molar-refractivity contribution in [3.63, 3.8) is 0 Å². The van der Waals surface area contributed by atoms with E-state index >= 15 is 0 Å². The summed E-state index contributed by atoms with van der Waals surface area (Å²) in [5.74, 6) is 1.77. The molecule has 4 heteroatoms. The van der Waals surface area contributed by atoms with E-state index in [0.29, 0.717) is 0 Å². The molecule has 0 amide bonds. The minimum atomic E-state index is 0.239. The van der Waals surface area contributed by atoms with Gasteiger partial charge in [0.25, 0.3) is 0 Å². The molecule has 1 N–H and O–H groups in total. The molecule has 1 heterocycles. The number of benzene rings is 1. The number of morpholine rings is 1. The van der Waals surface area contributed by atoms with Crippen LogP contribution in [0.25, 0.3) is 0 Å². The Morgan fingerprint density at radius 1 is 1.25 bits per heavy atom. The van der Waals surface area contributed by atoms with Crippen LogP contribution in [0, 0.1) is 0 Å². The highest BCUT2D eigenvalue weighted by Gasteiger charge is 2.13. The fraction of sp³-hybridized carbons (Fsp3) is 0.625. The summed E-state index contributed by atoms with van der Waals surface area (Å²) in [5, 5.41) is 0. The standard InChI is InChI=1S/C16H25NO3/c1-3-14(2)20-16-6-4-5-15(13-16)19-12-9-17-7-10-18-11-8-17/h4-6,13-14H,3,7-12H2,1-2H3/p+1/t14-/m0/s1. The van der Waals surface area contributed by atoms with Crippen LogP contribution in [0.5, 0.6) is 11.5 Å². The predicted molar refractivity (Wildman–Crippen MR) is 78.7 cm³/mol. The first-order valence-electron chi connectivity index (χ1n) is 7.58. The van der Waals surface area contributed by atoms with Crippen LogP contribution in [-0.4, -0.2) is 45.6 Å². The molecule has 4 nitrogen and oxygen atoms in total. The van der Waals surface area contributed by atoms with Crippen LogP contribution in [0.1, 0.15) is 20.3 Å². The van der Waals surface area contributed by atoms with Crippen LogP contribution in [0.2, 0.25) is 0 Å². The van der Waals surface area contributed by atoms with Crippen molar-refractivity contribution in [3.8, 4) is 11.5 Å². The second-order valence-corrected chi connectivity index (χ2v) is 5.27. The summed E-state index contributed by atoms with van der Waals surface area (Å²) in [7, 11) is 0. The third kappa shape index (κ3) is 5.02. The fourth-order valence-electron chi connectivity index (χ4n) is 2.18. The van der Waals surface area contributed by atoms with Crippen molar-refractivity contribution >= 4 is 0 Å². The van der Waals surface area contributed by atoms with Gasteiger partial charge in [-0.25, -0.2) is 0 Å². The fourth-order valence-corrected chi connectivity index (χ4v) is 2.18. The van der Waals surface area contributed by atoms with E-state index < -0.39 is 0 Å². The maximum atomic E-state index is 5.82. The molecule has 0 bridgehead atoms. The Balaban J connectivity index is 1.75. The Bertz CT molecular complexity index is 391. The van der Waals surface area contributed by atoms with Crippen LogP contribution in [0.3, 0.4) is 0 Å². The molecule has 0 aromatic heterocycles. The molecule has 1 aliphatic rings. The highest BCUT2D eigenvalue weighted by Crippen LogP contribution is 2.20. The van der Waals surface area contributed by atoms with Crippen molar-refractivity contribution in [2.45, 2.75) is 26.4 Å². The number of quaternary nitrogens is 1. The molecule has 0 spiro atoms. The maximum Gasteiger partial charge on any atom is 0.137 e. The minimum absolute atomic E-state index is 0.239. The van der Waals surface area contributed by atoms with Gasteiger partial charge >= 0.3 is 0 Å². The Morgan fingerprint density at radius 3 is 2.75 bits per heavy atom. The van der Waals surface area contributed by atoms with E-state index in [0.717, 1.165) is 57.4 Å². The molecular formula is C16H26NO3+. The summed E-state index contributed by atoms with van der Waals surface area (Å²) >= 11 is 0. The third-order valence-electron chi connectivity index (χ3n) is 3.64. The van der Waals surface area contributed by atoms with Gasteiger partial charge in [0.05, 0.1) is 19.3 Å². The van der Waals surface area contributed by atoms with Crippen LogP contribution >= 0.6 is 0 Å². The van der Waals surface area contributed by atoms with Gasteiger partial charge in [-0.15, -0.1) is 0 Å². The van der Waals surface area contributed by atoms with Crippen molar-refractivity contribution in [2.24, 2.45) is 0 Å². The minimum Gasteiger partial charge on any atom is -0.491 e. The SMILES string of the molecule is CC[C@H](C)Oc1cccc(OCC[NH+]2CCOCC2)c1. The largest absolute Gasteiger partial charge is 0.491 e. The lowest BCUT2D eigenvalue weighted by Gasteiger charge is -2.23. The number of rotatable bonds is 7. The first-order valence-corrected chi connectivity index (χ1v) is 7.58. The Labute approximate surface area is 121 Å². The van der Waals surface area contributed by atoms with Gasteiger partial charge in [-0.2, -0.15) is 0 Å². The van der Waals surface area contributed by atoms with E-state index in [4.69, 9.17) is 14.2 Å². The van der Waals surface area contributed by atoms with Crippen LogP contribution in [-0.2, 0) is 4.74 Å². The first kappa shape index (κ1) is 15.1. The van der Waals surface area contributed by atoms with Crippen LogP contribution in [0.15, 0.2) is 24.3 Å². The molecule has 1 aromatic carbocycles. The molecule has 112 valence electrons. The van der Waals surface area contributed by atoms with Gasteiger partial charge in [-0.3, -0.25) is 0 Å². The molecule has 2 rings (SSSR count). The molecule has 1 aliphatic heterocycles. The van der Waals surface area contributed by atoms with Crippen LogP contribution < -0.4 is 14.4 Å². The van der Waals surface area contributed by atoms with Gasteiger partial charge in [-0.05, 0) is 25.5 Å². The lowest BCUT2D eigenvalue weighted by molar-refractivity contribution is -0.908. The molecule has 1 fully saturated rings. The van der Waals surface area contributed by atoms with Gasteiger partial charge in [-0.1, -0.05) is 13.0 Å². The lowest BCUT2D eigenvalue weighted by atomic mass is 10.3. The van der Waals surface area contributed by atoms with Crippen LogP contribution in [0.4, 0.5) is 0 Å². The average molecular weight is 280 g/mol. The molecule has 0 radical (unpaired) electrons. The summed E-state index contributed by atoms with van der Waals surface area (Å²) in [5.41, 5.74) is 0. The normalized spacial score (nSPS) is 17.7. The molecule has 1 atom stereocenters. The van der Waals surface area contributed by atoms with Gasteiger partial charge in [0, 0.05) is 6.07 Å². The summed E-state index contributed by atoms with van der Waals surface area (Å²) in [6.45, 7) is 9.87. The van der Waals surface area contributed by atoms with Gasteiger partial charge in [0.1, 0.15) is 37.7 Å². The van der Waals surface area contributed by atoms with Crippen molar-refractivity contribution in [1.29, 1.82) is 0 Å². The Kier molecular flexibility index (Phi) is 6.15. The highest BCUT2D eigenvalue weighted by molar-refractivity contribution is 5.33. The van der Waals surface area contributed by atoms with E-state index in [1.807, 2.05) is 24.3 Å². The zero-order valence-corrected chi connectivity index (χ0v) is 12.6. The summed E-state index contributed by atoms with van der Waals surface area (Å²) < 4.78 is 17.0. The van der Waals surface area contributed by atoms with Crippen molar-refractivity contribution in [3.05, 3.63) is 24.3 Å². The molecule has 1 aromatic rings. The maximum absolute atomic E-state index is 5.82. The average Bonchev–Trinajstić information content (AvgIpc) is 2.48. The molecule has 20 heavy (non-hydrogen) atoms. The summed E-state index contributed by atoms with van der Waals surface area (Å²) in [6, 6.07) is 7.92. The monoisotopic (exact) mass is 280 g/mol. The van der Waals surface area contributed by atoms with Gasteiger partial charge < -0.3 is 19.1 Å². The highest BCUT2D eigenvalue weighted by atomic mass is 16.5. The number of hydrogen-bond acceptors (Lipinski definition) is 3. The number of nitrogens with one attached hydrogen (secondary N) is 1. The van der Waals surface area contributed by atoms with E-state index in [1.54, 1.807) is 4.90 Å². The lowest BCUT2D eigenvalue weighted by Crippen LogP contribution is -3.14. The van der Waals surface area contributed by atoms with E-state index in [2.05, 4.69) is 13.8 Å². The summed E-state index contributed by atoms with van der Waals surface area (Å²) in [4.78, 5) is 1.56. The molecule has 0 aliphatic carbocycles. The smallest absolute Gasteiger partial charge is 0.137 e. The molecule has 0 saturated carbocycles. The van der Waals surface area contributed by atoms with E-state index in [-0.39, 0.29) is 6.10 Å². The number of hydrogen-bond donors (Lipinski definition) is 1.